The molecule has 0 amide bonds. The van der Waals surface area contributed by atoms with E-state index in [-0.39, 0.29) is 0 Å². The molecule has 0 bridgehead atoms. The topological polar surface area (TPSA) is 12.0 Å². The van der Waals surface area contributed by atoms with Crippen LogP contribution in [0.2, 0.25) is 0 Å². The van der Waals surface area contributed by atoms with Crippen molar-refractivity contribution in [2.45, 2.75) is 51.7 Å². The van der Waals surface area contributed by atoms with Gasteiger partial charge >= 0.3 is 6.18 Å². The summed E-state index contributed by atoms with van der Waals surface area (Å²) in [5.41, 5.74) is 0.430. The highest BCUT2D eigenvalue weighted by atomic mass is 19.4. The van der Waals surface area contributed by atoms with Crippen molar-refractivity contribution >= 4 is 0 Å². The number of benzene rings is 1. The van der Waals surface area contributed by atoms with E-state index in [0.717, 1.165) is 12.6 Å². The van der Waals surface area contributed by atoms with Gasteiger partial charge < -0.3 is 5.32 Å². The standard InChI is InChI=1S/C16H22F3N/c1-15(8-3-2-4-9-15)12-20-11-13-6-5-7-14(10-13)16(17,18)19/h5-7,10,20H,2-4,8-9,11-12H2,1H3. The van der Waals surface area contributed by atoms with Gasteiger partial charge in [-0.2, -0.15) is 13.2 Å². The quantitative estimate of drug-likeness (QED) is 0.840. The predicted molar refractivity (Wildman–Crippen MR) is 74.3 cm³/mol. The van der Waals surface area contributed by atoms with Gasteiger partial charge in [-0.15, -0.1) is 0 Å². The third-order valence-electron chi connectivity index (χ3n) is 4.20. The maximum absolute atomic E-state index is 12.6. The van der Waals surface area contributed by atoms with E-state index < -0.39 is 11.7 Å². The highest BCUT2D eigenvalue weighted by Gasteiger charge is 2.30. The van der Waals surface area contributed by atoms with Crippen molar-refractivity contribution in [1.82, 2.24) is 5.32 Å². The van der Waals surface area contributed by atoms with E-state index in [1.165, 1.54) is 44.2 Å². The lowest BCUT2D eigenvalue weighted by atomic mass is 9.76. The van der Waals surface area contributed by atoms with Crippen LogP contribution >= 0.6 is 0 Å². The van der Waals surface area contributed by atoms with E-state index in [1.807, 2.05) is 0 Å². The van der Waals surface area contributed by atoms with Crippen molar-refractivity contribution in [2.75, 3.05) is 6.54 Å². The highest BCUT2D eigenvalue weighted by molar-refractivity contribution is 5.25. The zero-order valence-electron chi connectivity index (χ0n) is 11.9. The molecule has 20 heavy (non-hydrogen) atoms. The number of hydrogen-bond acceptors (Lipinski definition) is 1. The fourth-order valence-electron chi connectivity index (χ4n) is 2.95. The van der Waals surface area contributed by atoms with Gasteiger partial charge in [0.25, 0.3) is 0 Å². The third kappa shape index (κ3) is 4.23. The maximum Gasteiger partial charge on any atom is 0.416 e. The van der Waals surface area contributed by atoms with Gasteiger partial charge in [-0.05, 0) is 29.9 Å². The van der Waals surface area contributed by atoms with Gasteiger partial charge in [-0.1, -0.05) is 44.4 Å². The summed E-state index contributed by atoms with van der Waals surface area (Å²) in [6.07, 6.45) is 2.00. The van der Waals surface area contributed by atoms with E-state index in [1.54, 1.807) is 6.07 Å². The van der Waals surface area contributed by atoms with Crippen LogP contribution in [-0.2, 0) is 12.7 Å². The minimum Gasteiger partial charge on any atom is -0.312 e. The summed E-state index contributed by atoms with van der Waals surface area (Å²) in [7, 11) is 0. The summed E-state index contributed by atoms with van der Waals surface area (Å²) >= 11 is 0. The van der Waals surface area contributed by atoms with Gasteiger partial charge in [0.2, 0.25) is 0 Å². The predicted octanol–water partition coefficient (Wildman–Crippen LogP) is 4.77. The van der Waals surface area contributed by atoms with E-state index >= 15 is 0 Å². The normalized spacial score (nSPS) is 19.0. The molecule has 0 unspecified atom stereocenters. The molecule has 0 aromatic heterocycles. The molecule has 0 radical (unpaired) electrons. The monoisotopic (exact) mass is 285 g/mol. The smallest absolute Gasteiger partial charge is 0.312 e. The Bertz CT molecular complexity index is 434. The molecule has 1 aliphatic rings. The molecule has 1 fully saturated rings. The lowest BCUT2D eigenvalue weighted by Gasteiger charge is -2.33. The molecule has 1 aliphatic carbocycles. The van der Waals surface area contributed by atoms with E-state index in [0.29, 0.717) is 17.5 Å². The molecule has 0 spiro atoms. The Morgan fingerprint density at radius 2 is 1.85 bits per heavy atom. The molecule has 1 nitrogen and oxygen atoms in total. The molecule has 112 valence electrons. The van der Waals surface area contributed by atoms with Crippen LogP contribution in [0.3, 0.4) is 0 Å². The Labute approximate surface area is 118 Å². The summed E-state index contributed by atoms with van der Waals surface area (Å²) in [5.74, 6) is 0. The molecule has 1 saturated carbocycles. The fourth-order valence-corrected chi connectivity index (χ4v) is 2.95. The fraction of sp³-hybridized carbons (Fsp3) is 0.625. The number of alkyl halides is 3. The summed E-state index contributed by atoms with van der Waals surface area (Å²) in [6, 6.07) is 5.57. The van der Waals surface area contributed by atoms with Crippen molar-refractivity contribution in [3.8, 4) is 0 Å². The molecule has 1 N–H and O–H groups in total. The molecule has 4 heteroatoms. The first kappa shape index (κ1) is 15.4. The molecule has 0 saturated heterocycles. The first-order valence-electron chi connectivity index (χ1n) is 7.26. The van der Waals surface area contributed by atoms with E-state index in [2.05, 4.69) is 12.2 Å². The number of rotatable bonds is 4. The minimum atomic E-state index is -4.26. The van der Waals surface area contributed by atoms with Crippen molar-refractivity contribution in [1.29, 1.82) is 0 Å². The van der Waals surface area contributed by atoms with Gasteiger partial charge in [0.1, 0.15) is 0 Å². The van der Waals surface area contributed by atoms with E-state index in [9.17, 15) is 13.2 Å². The van der Waals surface area contributed by atoms with Crippen LogP contribution < -0.4 is 5.32 Å². The summed E-state index contributed by atoms with van der Waals surface area (Å²) < 4.78 is 37.9. The average Bonchev–Trinajstić information content (AvgIpc) is 2.39. The molecule has 1 aromatic carbocycles. The Kier molecular flexibility index (Phi) is 4.74. The molecule has 0 atom stereocenters. The Morgan fingerprint density at radius 1 is 1.15 bits per heavy atom. The number of hydrogen-bond donors (Lipinski definition) is 1. The van der Waals surface area contributed by atoms with Gasteiger partial charge in [0, 0.05) is 13.1 Å². The van der Waals surface area contributed by atoms with Crippen LogP contribution in [0.15, 0.2) is 24.3 Å². The first-order chi connectivity index (χ1) is 9.39. The van der Waals surface area contributed by atoms with Crippen LogP contribution in [0, 0.1) is 5.41 Å². The Hall–Kier alpha value is -1.03. The summed E-state index contributed by atoms with van der Waals surface area (Å²) in [6.45, 7) is 3.65. The van der Waals surface area contributed by atoms with Crippen LogP contribution in [0.1, 0.15) is 50.2 Å². The molecular weight excluding hydrogens is 263 g/mol. The van der Waals surface area contributed by atoms with Crippen molar-refractivity contribution in [3.05, 3.63) is 35.4 Å². The maximum atomic E-state index is 12.6. The molecule has 0 heterocycles. The third-order valence-corrected chi connectivity index (χ3v) is 4.20. The minimum absolute atomic E-state index is 0.305. The second kappa shape index (κ2) is 6.17. The second-order valence-corrected chi connectivity index (χ2v) is 6.17. The molecule has 1 aromatic rings. The zero-order chi connectivity index (χ0) is 14.6. The Balaban J connectivity index is 1.88. The van der Waals surface area contributed by atoms with Crippen molar-refractivity contribution < 1.29 is 13.2 Å². The summed E-state index contributed by atoms with van der Waals surface area (Å²) in [5, 5.41) is 3.32. The number of halogens is 3. The summed E-state index contributed by atoms with van der Waals surface area (Å²) in [4.78, 5) is 0. The van der Waals surface area contributed by atoms with Crippen molar-refractivity contribution in [3.63, 3.8) is 0 Å². The van der Waals surface area contributed by atoms with Crippen molar-refractivity contribution in [2.24, 2.45) is 5.41 Å². The highest BCUT2D eigenvalue weighted by Crippen LogP contribution is 2.35. The number of nitrogens with one attached hydrogen (secondary N) is 1. The average molecular weight is 285 g/mol. The largest absolute Gasteiger partial charge is 0.416 e. The van der Waals surface area contributed by atoms with Gasteiger partial charge in [-0.25, -0.2) is 0 Å². The van der Waals surface area contributed by atoms with Gasteiger partial charge in [-0.3, -0.25) is 0 Å². The first-order valence-corrected chi connectivity index (χ1v) is 7.26. The van der Waals surface area contributed by atoms with Crippen LogP contribution in [-0.4, -0.2) is 6.54 Å². The zero-order valence-corrected chi connectivity index (χ0v) is 11.9. The lowest BCUT2D eigenvalue weighted by Crippen LogP contribution is -2.33. The SMILES string of the molecule is CC1(CNCc2cccc(C(F)(F)F)c2)CCCCC1. The van der Waals surface area contributed by atoms with Gasteiger partial charge in [0.05, 0.1) is 5.56 Å². The van der Waals surface area contributed by atoms with Gasteiger partial charge in [0.15, 0.2) is 0 Å². The van der Waals surface area contributed by atoms with Crippen LogP contribution in [0.5, 0.6) is 0 Å². The Morgan fingerprint density at radius 3 is 2.50 bits per heavy atom. The van der Waals surface area contributed by atoms with Crippen LogP contribution in [0.25, 0.3) is 0 Å². The lowest BCUT2D eigenvalue weighted by molar-refractivity contribution is -0.137. The van der Waals surface area contributed by atoms with Crippen LogP contribution in [0.4, 0.5) is 13.2 Å². The second-order valence-electron chi connectivity index (χ2n) is 6.17. The molecule has 0 aliphatic heterocycles. The molecular formula is C16H22F3N. The van der Waals surface area contributed by atoms with E-state index in [4.69, 9.17) is 0 Å². The molecule has 2 rings (SSSR count).